The lowest BCUT2D eigenvalue weighted by Gasteiger charge is -2.38. The van der Waals surface area contributed by atoms with E-state index < -0.39 is 11.4 Å². The predicted octanol–water partition coefficient (Wildman–Crippen LogP) is 3.81. The quantitative estimate of drug-likeness (QED) is 0.726. The monoisotopic (exact) mass is 266 g/mol. The molecule has 3 nitrogen and oxygen atoms in total. The molecule has 0 saturated heterocycles. The molecule has 0 aromatic carbocycles. The van der Waals surface area contributed by atoms with Gasteiger partial charge in [0.1, 0.15) is 0 Å². The Kier molecular flexibility index (Phi) is 6.29. The first-order chi connectivity index (χ1) is 9.12. The molecule has 0 heterocycles. The highest BCUT2D eigenvalue weighted by Crippen LogP contribution is 2.45. The number of carboxylic acid groups (broad SMARTS) is 1. The highest BCUT2D eigenvalue weighted by molar-refractivity contribution is 5.78. The van der Waals surface area contributed by atoms with Crippen molar-refractivity contribution < 1.29 is 14.6 Å². The molecule has 1 N–H and O–H groups in total. The fourth-order valence-corrected chi connectivity index (χ4v) is 3.11. The Morgan fingerprint density at radius 1 is 1.42 bits per heavy atom. The van der Waals surface area contributed by atoms with Crippen molar-refractivity contribution in [2.75, 3.05) is 13.7 Å². The van der Waals surface area contributed by atoms with Crippen molar-refractivity contribution in [1.29, 1.82) is 0 Å². The highest BCUT2D eigenvalue weighted by Gasteiger charge is 2.44. The molecule has 2 atom stereocenters. The van der Waals surface area contributed by atoms with Crippen LogP contribution in [0.1, 0.15) is 46.0 Å². The molecule has 0 fully saturated rings. The van der Waals surface area contributed by atoms with Crippen LogP contribution in [0.5, 0.6) is 0 Å². The summed E-state index contributed by atoms with van der Waals surface area (Å²) in [5, 5.41) is 9.75. The van der Waals surface area contributed by atoms with E-state index in [-0.39, 0.29) is 5.92 Å². The van der Waals surface area contributed by atoms with E-state index >= 15 is 0 Å². The Labute approximate surface area is 116 Å². The van der Waals surface area contributed by atoms with Gasteiger partial charge in [0.05, 0.1) is 5.41 Å². The fourth-order valence-electron chi connectivity index (χ4n) is 3.11. The summed E-state index contributed by atoms with van der Waals surface area (Å²) in [6.07, 6.45) is 10.2. The van der Waals surface area contributed by atoms with Gasteiger partial charge in [-0.05, 0) is 25.2 Å². The predicted molar refractivity (Wildman–Crippen MR) is 77.1 cm³/mol. The third-order valence-electron chi connectivity index (χ3n) is 4.01. The van der Waals surface area contributed by atoms with Crippen molar-refractivity contribution in [1.82, 2.24) is 0 Å². The van der Waals surface area contributed by atoms with E-state index in [9.17, 15) is 9.90 Å². The average molecular weight is 266 g/mol. The maximum Gasteiger partial charge on any atom is 0.314 e. The molecule has 1 rings (SSSR count). The summed E-state index contributed by atoms with van der Waals surface area (Å²) in [6, 6.07) is 0. The summed E-state index contributed by atoms with van der Waals surface area (Å²) in [4.78, 5) is 11.9. The highest BCUT2D eigenvalue weighted by atomic mass is 16.5. The van der Waals surface area contributed by atoms with Crippen molar-refractivity contribution >= 4 is 5.97 Å². The van der Waals surface area contributed by atoms with Gasteiger partial charge in [-0.15, -0.1) is 0 Å². The van der Waals surface area contributed by atoms with Crippen LogP contribution >= 0.6 is 0 Å². The minimum Gasteiger partial charge on any atom is -0.481 e. The van der Waals surface area contributed by atoms with Gasteiger partial charge in [-0.3, -0.25) is 4.79 Å². The van der Waals surface area contributed by atoms with Gasteiger partial charge in [0, 0.05) is 13.7 Å². The van der Waals surface area contributed by atoms with Gasteiger partial charge < -0.3 is 9.84 Å². The van der Waals surface area contributed by atoms with Crippen LogP contribution in [0.2, 0.25) is 0 Å². The lowest BCUT2D eigenvalue weighted by Crippen LogP contribution is -2.39. The number of carboxylic acids is 1. The summed E-state index contributed by atoms with van der Waals surface area (Å²) in [5.74, 6) is -0.581. The van der Waals surface area contributed by atoms with E-state index in [2.05, 4.69) is 19.9 Å². The molecule has 0 bridgehead atoms. The van der Waals surface area contributed by atoms with E-state index in [0.29, 0.717) is 13.0 Å². The van der Waals surface area contributed by atoms with E-state index in [1.165, 1.54) is 5.57 Å². The molecule has 0 radical (unpaired) electrons. The number of carbonyl (C=O) groups is 1. The lowest BCUT2D eigenvalue weighted by atomic mass is 9.64. The number of allylic oxidation sites excluding steroid dienone is 2. The van der Waals surface area contributed by atoms with Crippen molar-refractivity contribution in [3.05, 3.63) is 23.8 Å². The third kappa shape index (κ3) is 3.47. The van der Waals surface area contributed by atoms with Crippen LogP contribution in [0, 0.1) is 11.3 Å². The summed E-state index contributed by atoms with van der Waals surface area (Å²) >= 11 is 0. The number of aliphatic carboxylic acids is 1. The van der Waals surface area contributed by atoms with Crippen LogP contribution in [0.4, 0.5) is 0 Å². The standard InChI is InChI=1S/C16H26O3/c1-4-7-14-13(9-12-19-3)8-6-11-16(14,10-5-2)15(17)18/h6,8,11,14H,4-5,7,9-10,12H2,1-3H3,(H,17,18). The Hall–Kier alpha value is -1.09. The zero-order chi connectivity index (χ0) is 14.3. The number of hydrogen-bond acceptors (Lipinski definition) is 2. The second kappa shape index (κ2) is 7.49. The average Bonchev–Trinajstić information content (AvgIpc) is 2.39. The van der Waals surface area contributed by atoms with Gasteiger partial charge in [0.25, 0.3) is 0 Å². The normalized spacial score (nSPS) is 26.3. The molecule has 0 aromatic heterocycles. The molecule has 0 spiro atoms. The van der Waals surface area contributed by atoms with E-state index in [0.717, 1.165) is 25.7 Å². The molecule has 0 aliphatic heterocycles. The maximum atomic E-state index is 11.9. The first-order valence-electron chi connectivity index (χ1n) is 7.23. The molecule has 1 aliphatic rings. The van der Waals surface area contributed by atoms with Gasteiger partial charge in [-0.1, -0.05) is 50.5 Å². The number of ether oxygens (including phenoxy) is 1. The second-order valence-corrected chi connectivity index (χ2v) is 5.28. The first-order valence-corrected chi connectivity index (χ1v) is 7.23. The third-order valence-corrected chi connectivity index (χ3v) is 4.01. The number of hydrogen-bond donors (Lipinski definition) is 1. The van der Waals surface area contributed by atoms with Crippen molar-refractivity contribution in [3.8, 4) is 0 Å². The van der Waals surface area contributed by atoms with Gasteiger partial charge >= 0.3 is 5.97 Å². The van der Waals surface area contributed by atoms with Gasteiger partial charge in [-0.25, -0.2) is 0 Å². The van der Waals surface area contributed by atoms with Crippen LogP contribution in [0.15, 0.2) is 23.8 Å². The van der Waals surface area contributed by atoms with E-state index in [4.69, 9.17) is 4.74 Å². The summed E-state index contributed by atoms with van der Waals surface area (Å²) in [6.45, 7) is 4.82. The zero-order valence-corrected chi connectivity index (χ0v) is 12.3. The Bertz CT molecular complexity index is 357. The largest absolute Gasteiger partial charge is 0.481 e. The SMILES string of the molecule is CCCC1C(CCOC)=CC=CC1(CCC)C(=O)O. The summed E-state index contributed by atoms with van der Waals surface area (Å²) in [7, 11) is 1.69. The Balaban J connectivity index is 3.05. The minimum absolute atomic E-state index is 0.107. The number of methoxy groups -OCH3 is 1. The first kappa shape index (κ1) is 16.0. The Morgan fingerprint density at radius 2 is 2.16 bits per heavy atom. The van der Waals surface area contributed by atoms with Gasteiger partial charge in [-0.2, -0.15) is 0 Å². The van der Waals surface area contributed by atoms with E-state index in [1.54, 1.807) is 7.11 Å². The molecule has 0 amide bonds. The summed E-state index contributed by atoms with van der Waals surface area (Å²) in [5.41, 5.74) is 0.504. The van der Waals surface area contributed by atoms with Crippen LogP contribution in [0.3, 0.4) is 0 Å². The maximum absolute atomic E-state index is 11.9. The fraction of sp³-hybridized carbons (Fsp3) is 0.688. The van der Waals surface area contributed by atoms with Crippen molar-refractivity contribution in [2.24, 2.45) is 11.3 Å². The lowest BCUT2D eigenvalue weighted by molar-refractivity contribution is -0.149. The van der Waals surface area contributed by atoms with E-state index in [1.807, 2.05) is 12.2 Å². The molecule has 0 saturated carbocycles. The van der Waals surface area contributed by atoms with Crippen LogP contribution in [0.25, 0.3) is 0 Å². The second-order valence-electron chi connectivity index (χ2n) is 5.28. The number of rotatable bonds is 8. The molecule has 19 heavy (non-hydrogen) atoms. The molecule has 3 heteroatoms. The van der Waals surface area contributed by atoms with Crippen molar-refractivity contribution in [3.63, 3.8) is 0 Å². The molecular formula is C16H26O3. The molecular weight excluding hydrogens is 240 g/mol. The molecule has 108 valence electrons. The zero-order valence-electron chi connectivity index (χ0n) is 12.3. The van der Waals surface area contributed by atoms with Gasteiger partial charge in [0.15, 0.2) is 0 Å². The van der Waals surface area contributed by atoms with Crippen LogP contribution in [-0.2, 0) is 9.53 Å². The van der Waals surface area contributed by atoms with Crippen LogP contribution < -0.4 is 0 Å². The van der Waals surface area contributed by atoms with Crippen LogP contribution in [-0.4, -0.2) is 24.8 Å². The van der Waals surface area contributed by atoms with Crippen molar-refractivity contribution in [2.45, 2.75) is 46.0 Å². The molecule has 1 aliphatic carbocycles. The smallest absolute Gasteiger partial charge is 0.314 e. The Morgan fingerprint density at radius 3 is 2.68 bits per heavy atom. The molecule has 2 unspecified atom stereocenters. The van der Waals surface area contributed by atoms with Gasteiger partial charge in [0.2, 0.25) is 0 Å². The molecule has 0 aromatic rings. The topological polar surface area (TPSA) is 46.5 Å². The summed E-state index contributed by atoms with van der Waals surface area (Å²) < 4.78 is 5.15. The minimum atomic E-state index is -0.720.